The van der Waals surface area contributed by atoms with Crippen molar-refractivity contribution in [1.29, 1.82) is 0 Å². The van der Waals surface area contributed by atoms with Crippen LogP contribution in [0.3, 0.4) is 0 Å². The van der Waals surface area contributed by atoms with Crippen molar-refractivity contribution < 1.29 is 19.1 Å². The Labute approximate surface area is 165 Å². The maximum absolute atomic E-state index is 12.9. The number of methoxy groups -OCH3 is 2. The Morgan fingerprint density at radius 3 is 2.44 bits per heavy atom. The molecule has 1 atom stereocenters. The molecule has 1 fully saturated rings. The van der Waals surface area contributed by atoms with Crippen molar-refractivity contribution in [3.63, 3.8) is 0 Å². The number of hydrogen-bond donors (Lipinski definition) is 1. The van der Waals surface area contributed by atoms with Crippen molar-refractivity contribution in [3.8, 4) is 11.5 Å². The van der Waals surface area contributed by atoms with E-state index >= 15 is 0 Å². The molecule has 2 aromatic carbocycles. The second-order valence-corrected chi connectivity index (χ2v) is 6.95. The molecule has 0 bridgehead atoms. The predicted molar refractivity (Wildman–Crippen MR) is 104 cm³/mol. The molecule has 0 saturated carbocycles. The summed E-state index contributed by atoms with van der Waals surface area (Å²) in [6.07, 6.45) is 1.42. The minimum atomic E-state index is -1.21. The highest BCUT2D eigenvalue weighted by Gasteiger charge is 2.49. The Morgan fingerprint density at radius 1 is 1.11 bits per heavy atom. The van der Waals surface area contributed by atoms with Crippen LogP contribution in [0.4, 0.5) is 4.79 Å². The molecular weight excluding hydrogens is 414 g/mol. The number of halogens is 1. The number of carbonyl (C=O) groups is 2. The third-order valence-corrected chi connectivity index (χ3v) is 4.83. The van der Waals surface area contributed by atoms with Crippen LogP contribution < -0.4 is 14.8 Å². The minimum Gasteiger partial charge on any atom is -0.497 e. The van der Waals surface area contributed by atoms with E-state index in [9.17, 15) is 9.59 Å². The van der Waals surface area contributed by atoms with Gasteiger partial charge in [-0.2, -0.15) is 5.10 Å². The molecule has 7 nitrogen and oxygen atoms in total. The van der Waals surface area contributed by atoms with Crippen molar-refractivity contribution in [3.05, 3.63) is 58.1 Å². The van der Waals surface area contributed by atoms with E-state index in [2.05, 4.69) is 26.3 Å². The molecule has 3 rings (SSSR count). The molecule has 1 aliphatic heterocycles. The Bertz CT molecular complexity index is 914. The molecule has 1 N–H and O–H groups in total. The van der Waals surface area contributed by atoms with Gasteiger partial charge in [0.2, 0.25) is 0 Å². The van der Waals surface area contributed by atoms with Gasteiger partial charge in [0.05, 0.1) is 20.4 Å². The second kappa shape index (κ2) is 7.40. The summed E-state index contributed by atoms with van der Waals surface area (Å²) in [6.45, 7) is 1.64. The maximum atomic E-state index is 12.9. The van der Waals surface area contributed by atoms with Gasteiger partial charge in [-0.3, -0.25) is 4.79 Å². The van der Waals surface area contributed by atoms with E-state index in [-0.39, 0.29) is 0 Å². The molecule has 0 aromatic heterocycles. The standard InChI is InChI=1S/C19H18BrN3O4/c1-19(13-4-7-15(26-2)8-5-13)17(24)23(18(25)22-19)21-11-12-10-14(20)6-9-16(12)27-3/h4-11H,1-3H3,(H,22,25)/t19-/m0/s1. The average molecular weight is 432 g/mol. The van der Waals surface area contributed by atoms with Crippen LogP contribution in [0.5, 0.6) is 11.5 Å². The van der Waals surface area contributed by atoms with Crippen LogP contribution in [0.15, 0.2) is 52.0 Å². The summed E-state index contributed by atoms with van der Waals surface area (Å²) in [5.74, 6) is 0.769. The first-order valence-electron chi connectivity index (χ1n) is 8.08. The summed E-state index contributed by atoms with van der Waals surface area (Å²) in [6, 6.07) is 11.7. The van der Waals surface area contributed by atoms with E-state index in [0.29, 0.717) is 22.6 Å². The van der Waals surface area contributed by atoms with Crippen LogP contribution in [0.25, 0.3) is 0 Å². The normalized spacial score (nSPS) is 19.5. The molecule has 1 aliphatic rings. The van der Waals surface area contributed by atoms with Gasteiger partial charge in [0.1, 0.15) is 17.0 Å². The molecular formula is C19H18BrN3O4. The lowest BCUT2D eigenvalue weighted by atomic mass is 9.92. The summed E-state index contributed by atoms with van der Waals surface area (Å²) < 4.78 is 11.2. The number of nitrogens with one attached hydrogen (secondary N) is 1. The van der Waals surface area contributed by atoms with Crippen molar-refractivity contribution in [1.82, 2.24) is 10.3 Å². The number of imide groups is 1. The summed E-state index contributed by atoms with van der Waals surface area (Å²) >= 11 is 3.38. The quantitative estimate of drug-likeness (QED) is 0.581. The molecule has 0 aliphatic carbocycles. The molecule has 140 valence electrons. The van der Waals surface area contributed by atoms with E-state index in [4.69, 9.17) is 9.47 Å². The zero-order valence-electron chi connectivity index (χ0n) is 15.0. The molecule has 0 unspecified atom stereocenters. The number of urea groups is 1. The molecule has 1 saturated heterocycles. The highest BCUT2D eigenvalue weighted by molar-refractivity contribution is 9.10. The second-order valence-electron chi connectivity index (χ2n) is 6.03. The number of nitrogens with zero attached hydrogens (tertiary/aromatic N) is 2. The number of hydrogen-bond acceptors (Lipinski definition) is 5. The Morgan fingerprint density at radius 2 is 1.81 bits per heavy atom. The Hall–Kier alpha value is -2.87. The lowest BCUT2D eigenvalue weighted by molar-refractivity contribution is -0.131. The van der Waals surface area contributed by atoms with E-state index in [1.165, 1.54) is 13.3 Å². The van der Waals surface area contributed by atoms with Gasteiger partial charge in [-0.15, -0.1) is 5.01 Å². The smallest absolute Gasteiger partial charge is 0.346 e. The van der Waals surface area contributed by atoms with E-state index in [1.807, 2.05) is 6.07 Å². The number of benzene rings is 2. The fraction of sp³-hybridized carbons (Fsp3) is 0.211. The minimum absolute atomic E-state index is 0.470. The van der Waals surface area contributed by atoms with Crippen molar-refractivity contribution >= 4 is 34.1 Å². The van der Waals surface area contributed by atoms with Crippen molar-refractivity contribution in [2.24, 2.45) is 5.10 Å². The highest BCUT2D eigenvalue weighted by atomic mass is 79.9. The van der Waals surface area contributed by atoms with Crippen molar-refractivity contribution in [2.75, 3.05) is 14.2 Å². The SMILES string of the molecule is COc1ccc([C@]2(C)NC(=O)N(N=Cc3cc(Br)ccc3OC)C2=O)cc1. The van der Waals surface area contributed by atoms with E-state index in [1.54, 1.807) is 50.4 Å². The fourth-order valence-electron chi connectivity index (χ4n) is 2.78. The summed E-state index contributed by atoms with van der Waals surface area (Å²) in [5.41, 5.74) is 0.0621. The van der Waals surface area contributed by atoms with Gasteiger partial charge in [-0.25, -0.2) is 4.79 Å². The number of amides is 3. The lowest BCUT2D eigenvalue weighted by Gasteiger charge is -2.21. The van der Waals surface area contributed by atoms with Gasteiger partial charge in [0.25, 0.3) is 5.91 Å². The molecule has 27 heavy (non-hydrogen) atoms. The van der Waals surface area contributed by atoms with Crippen LogP contribution in [-0.4, -0.2) is 37.4 Å². The molecule has 2 aromatic rings. The molecule has 3 amide bonds. The summed E-state index contributed by atoms with van der Waals surface area (Å²) in [5, 5.41) is 7.61. The number of ether oxygens (including phenoxy) is 2. The number of rotatable bonds is 5. The summed E-state index contributed by atoms with van der Waals surface area (Å²) in [7, 11) is 3.10. The molecule has 0 spiro atoms. The lowest BCUT2D eigenvalue weighted by Crippen LogP contribution is -2.40. The molecule has 8 heteroatoms. The van der Waals surface area contributed by atoms with Gasteiger partial charge < -0.3 is 14.8 Å². The first-order chi connectivity index (χ1) is 12.9. The Balaban J connectivity index is 1.89. The largest absolute Gasteiger partial charge is 0.497 e. The molecule has 1 heterocycles. The maximum Gasteiger partial charge on any atom is 0.346 e. The highest BCUT2D eigenvalue weighted by Crippen LogP contribution is 2.30. The van der Waals surface area contributed by atoms with Crippen LogP contribution in [-0.2, 0) is 10.3 Å². The molecule has 0 radical (unpaired) electrons. The zero-order valence-corrected chi connectivity index (χ0v) is 16.6. The Kier molecular flexibility index (Phi) is 5.18. The van der Waals surface area contributed by atoms with Gasteiger partial charge in [0, 0.05) is 10.0 Å². The van der Waals surface area contributed by atoms with Gasteiger partial charge >= 0.3 is 6.03 Å². The van der Waals surface area contributed by atoms with E-state index in [0.717, 1.165) is 9.48 Å². The van der Waals surface area contributed by atoms with E-state index < -0.39 is 17.5 Å². The predicted octanol–water partition coefficient (Wildman–Crippen LogP) is 3.27. The van der Waals surface area contributed by atoms with Gasteiger partial charge in [-0.05, 0) is 42.8 Å². The fourth-order valence-corrected chi connectivity index (χ4v) is 3.15. The van der Waals surface area contributed by atoms with Gasteiger partial charge in [0.15, 0.2) is 0 Å². The van der Waals surface area contributed by atoms with Crippen molar-refractivity contribution in [2.45, 2.75) is 12.5 Å². The van der Waals surface area contributed by atoms with Crippen LogP contribution in [0.2, 0.25) is 0 Å². The topological polar surface area (TPSA) is 80.2 Å². The van der Waals surface area contributed by atoms with Crippen LogP contribution >= 0.6 is 15.9 Å². The number of hydrazone groups is 1. The first-order valence-corrected chi connectivity index (χ1v) is 8.87. The average Bonchev–Trinajstić information content (AvgIpc) is 2.89. The third-order valence-electron chi connectivity index (χ3n) is 4.34. The van der Waals surface area contributed by atoms with Crippen LogP contribution in [0, 0.1) is 0 Å². The van der Waals surface area contributed by atoms with Crippen LogP contribution in [0.1, 0.15) is 18.1 Å². The summed E-state index contributed by atoms with van der Waals surface area (Å²) in [4.78, 5) is 25.2. The van der Waals surface area contributed by atoms with Gasteiger partial charge in [-0.1, -0.05) is 28.1 Å². The first kappa shape index (κ1) is 18.9. The third kappa shape index (κ3) is 3.52. The zero-order chi connectivity index (χ0) is 19.6. The monoisotopic (exact) mass is 431 g/mol. The number of carbonyl (C=O) groups excluding carboxylic acids is 2.